The summed E-state index contributed by atoms with van der Waals surface area (Å²) in [7, 11) is 2.14. The van der Waals surface area contributed by atoms with Crippen molar-refractivity contribution in [2.45, 2.75) is 57.5 Å². The first-order chi connectivity index (χ1) is 7.36. The van der Waals surface area contributed by atoms with Crippen molar-refractivity contribution in [3.8, 4) is 0 Å². The third kappa shape index (κ3) is 2.36. The minimum absolute atomic E-state index is 0.771. The molecular formula is C13H26N2. The van der Waals surface area contributed by atoms with Gasteiger partial charge in [0.25, 0.3) is 0 Å². The zero-order valence-corrected chi connectivity index (χ0v) is 10.3. The summed E-state index contributed by atoms with van der Waals surface area (Å²) in [4.78, 5) is 0. The highest BCUT2D eigenvalue weighted by molar-refractivity contribution is 4.95. The van der Waals surface area contributed by atoms with E-state index < -0.39 is 0 Å². The zero-order chi connectivity index (χ0) is 10.7. The average Bonchev–Trinajstić information content (AvgIpc) is 2.29. The summed E-state index contributed by atoms with van der Waals surface area (Å²) in [5, 5.41) is 7.26. The topological polar surface area (TPSA) is 24.1 Å². The van der Waals surface area contributed by atoms with Crippen molar-refractivity contribution in [3.63, 3.8) is 0 Å². The van der Waals surface area contributed by atoms with E-state index in [4.69, 9.17) is 0 Å². The standard InChI is InChI=1S/C13H26N2/c1-3-15-12-9-5-7-10-6-4-8-11(14-2)13(10)12/h10-15H,3-9H2,1-2H3. The van der Waals surface area contributed by atoms with Crippen LogP contribution in [-0.2, 0) is 0 Å². The molecular weight excluding hydrogens is 184 g/mol. The van der Waals surface area contributed by atoms with Gasteiger partial charge in [0.2, 0.25) is 0 Å². The van der Waals surface area contributed by atoms with Gasteiger partial charge in [0.1, 0.15) is 0 Å². The van der Waals surface area contributed by atoms with Crippen LogP contribution in [-0.4, -0.2) is 25.7 Å². The minimum atomic E-state index is 0.771. The molecule has 0 heterocycles. The molecule has 2 aliphatic carbocycles. The minimum Gasteiger partial charge on any atom is -0.317 e. The summed E-state index contributed by atoms with van der Waals surface area (Å²) in [6.45, 7) is 3.37. The molecule has 0 radical (unpaired) electrons. The SMILES string of the molecule is CCNC1CCCC2CCCC(NC)C21. The highest BCUT2D eigenvalue weighted by Crippen LogP contribution is 2.40. The molecule has 2 rings (SSSR count). The Kier molecular flexibility index (Phi) is 4.04. The van der Waals surface area contributed by atoms with Crippen LogP contribution in [0.5, 0.6) is 0 Å². The summed E-state index contributed by atoms with van der Waals surface area (Å²) in [6.07, 6.45) is 8.61. The largest absolute Gasteiger partial charge is 0.317 e. The second kappa shape index (κ2) is 5.31. The molecule has 0 amide bonds. The van der Waals surface area contributed by atoms with Gasteiger partial charge in [-0.1, -0.05) is 32.6 Å². The van der Waals surface area contributed by atoms with E-state index in [-0.39, 0.29) is 0 Å². The van der Waals surface area contributed by atoms with Gasteiger partial charge in [-0.15, -0.1) is 0 Å². The monoisotopic (exact) mass is 210 g/mol. The Labute approximate surface area is 94.2 Å². The maximum Gasteiger partial charge on any atom is 0.0113 e. The van der Waals surface area contributed by atoms with Crippen molar-refractivity contribution in [1.29, 1.82) is 0 Å². The molecule has 4 atom stereocenters. The van der Waals surface area contributed by atoms with E-state index >= 15 is 0 Å². The highest BCUT2D eigenvalue weighted by atomic mass is 15.0. The van der Waals surface area contributed by atoms with Gasteiger partial charge < -0.3 is 10.6 Å². The fourth-order valence-corrected chi connectivity index (χ4v) is 3.89. The van der Waals surface area contributed by atoms with Gasteiger partial charge in [-0.25, -0.2) is 0 Å². The normalized spacial score (nSPS) is 41.2. The van der Waals surface area contributed by atoms with Crippen molar-refractivity contribution in [2.75, 3.05) is 13.6 Å². The molecule has 15 heavy (non-hydrogen) atoms. The van der Waals surface area contributed by atoms with Crippen molar-refractivity contribution in [2.24, 2.45) is 11.8 Å². The molecule has 0 aromatic rings. The first-order valence-electron chi connectivity index (χ1n) is 6.77. The molecule has 2 nitrogen and oxygen atoms in total. The van der Waals surface area contributed by atoms with E-state index in [1.807, 2.05) is 0 Å². The Hall–Kier alpha value is -0.0800. The van der Waals surface area contributed by atoms with Crippen LogP contribution >= 0.6 is 0 Å². The molecule has 2 saturated carbocycles. The zero-order valence-electron chi connectivity index (χ0n) is 10.3. The lowest BCUT2D eigenvalue weighted by Gasteiger charge is -2.46. The molecule has 0 spiro atoms. The third-order valence-corrected chi connectivity index (χ3v) is 4.49. The van der Waals surface area contributed by atoms with Crippen LogP contribution in [0.4, 0.5) is 0 Å². The molecule has 2 N–H and O–H groups in total. The van der Waals surface area contributed by atoms with Crippen molar-refractivity contribution < 1.29 is 0 Å². The molecule has 0 aliphatic heterocycles. The Morgan fingerprint density at radius 2 is 1.67 bits per heavy atom. The van der Waals surface area contributed by atoms with Crippen LogP contribution in [0.1, 0.15) is 45.4 Å². The maximum absolute atomic E-state index is 3.71. The van der Waals surface area contributed by atoms with E-state index in [0.29, 0.717) is 0 Å². The summed E-state index contributed by atoms with van der Waals surface area (Å²) in [6, 6.07) is 1.56. The second-order valence-electron chi connectivity index (χ2n) is 5.26. The summed E-state index contributed by atoms with van der Waals surface area (Å²) >= 11 is 0. The van der Waals surface area contributed by atoms with Crippen molar-refractivity contribution in [3.05, 3.63) is 0 Å². The second-order valence-corrected chi connectivity index (χ2v) is 5.26. The van der Waals surface area contributed by atoms with Crippen molar-refractivity contribution in [1.82, 2.24) is 10.6 Å². The highest BCUT2D eigenvalue weighted by Gasteiger charge is 2.39. The average molecular weight is 210 g/mol. The number of nitrogens with one attached hydrogen (secondary N) is 2. The van der Waals surface area contributed by atoms with Gasteiger partial charge in [0.15, 0.2) is 0 Å². The van der Waals surface area contributed by atoms with Gasteiger partial charge >= 0.3 is 0 Å². The molecule has 2 aliphatic rings. The summed E-state index contributed by atoms with van der Waals surface area (Å²) < 4.78 is 0. The molecule has 4 unspecified atom stereocenters. The lowest BCUT2D eigenvalue weighted by Crippen LogP contribution is -2.53. The van der Waals surface area contributed by atoms with Crippen LogP contribution in [0.25, 0.3) is 0 Å². The fourth-order valence-electron chi connectivity index (χ4n) is 3.89. The predicted octanol–water partition coefficient (Wildman–Crippen LogP) is 2.15. The van der Waals surface area contributed by atoms with Gasteiger partial charge in [-0.05, 0) is 38.3 Å². The quantitative estimate of drug-likeness (QED) is 0.746. The number of fused-ring (bicyclic) bond motifs is 1. The molecule has 0 aromatic carbocycles. The molecule has 0 saturated heterocycles. The lowest BCUT2D eigenvalue weighted by atomic mass is 9.66. The van der Waals surface area contributed by atoms with E-state index in [1.54, 1.807) is 0 Å². The van der Waals surface area contributed by atoms with Gasteiger partial charge in [-0.3, -0.25) is 0 Å². The Bertz CT molecular complexity index is 182. The fraction of sp³-hybridized carbons (Fsp3) is 1.00. The molecule has 2 fully saturated rings. The Morgan fingerprint density at radius 1 is 1.00 bits per heavy atom. The van der Waals surface area contributed by atoms with E-state index in [1.165, 1.54) is 38.5 Å². The molecule has 88 valence electrons. The van der Waals surface area contributed by atoms with Crippen LogP contribution < -0.4 is 10.6 Å². The van der Waals surface area contributed by atoms with Gasteiger partial charge in [-0.2, -0.15) is 0 Å². The summed E-state index contributed by atoms with van der Waals surface area (Å²) in [5.41, 5.74) is 0. The van der Waals surface area contributed by atoms with Gasteiger partial charge in [0.05, 0.1) is 0 Å². The third-order valence-electron chi connectivity index (χ3n) is 4.49. The lowest BCUT2D eigenvalue weighted by molar-refractivity contribution is 0.0933. The van der Waals surface area contributed by atoms with Crippen LogP contribution in [0.15, 0.2) is 0 Å². The van der Waals surface area contributed by atoms with Crippen LogP contribution in [0.2, 0.25) is 0 Å². The maximum atomic E-state index is 3.71. The van der Waals surface area contributed by atoms with Gasteiger partial charge in [0, 0.05) is 12.1 Å². The van der Waals surface area contributed by atoms with Crippen LogP contribution in [0, 0.1) is 11.8 Å². The smallest absolute Gasteiger partial charge is 0.0113 e. The first kappa shape index (κ1) is 11.4. The molecule has 0 aromatic heterocycles. The van der Waals surface area contributed by atoms with Crippen LogP contribution in [0.3, 0.4) is 0 Å². The Balaban J connectivity index is 2.05. The van der Waals surface area contributed by atoms with E-state index in [0.717, 1.165) is 30.5 Å². The Morgan fingerprint density at radius 3 is 2.27 bits per heavy atom. The van der Waals surface area contributed by atoms with E-state index in [9.17, 15) is 0 Å². The summed E-state index contributed by atoms with van der Waals surface area (Å²) in [5.74, 6) is 1.89. The molecule has 0 bridgehead atoms. The number of hydrogen-bond acceptors (Lipinski definition) is 2. The number of rotatable bonds is 3. The molecule has 2 heteroatoms. The first-order valence-corrected chi connectivity index (χ1v) is 6.77. The van der Waals surface area contributed by atoms with Crippen molar-refractivity contribution >= 4 is 0 Å². The van der Waals surface area contributed by atoms with E-state index in [2.05, 4.69) is 24.6 Å². The predicted molar refractivity (Wildman–Crippen MR) is 65.0 cm³/mol. The number of hydrogen-bond donors (Lipinski definition) is 2.